The normalized spacial score (nSPS) is 14.1. The summed E-state index contributed by atoms with van der Waals surface area (Å²) in [6.45, 7) is 1.92. The Labute approximate surface area is 233 Å². The molecule has 0 bridgehead atoms. The zero-order valence-electron chi connectivity index (χ0n) is 22.4. The van der Waals surface area contributed by atoms with Gasteiger partial charge in [-0.15, -0.1) is 0 Å². The molecule has 0 fully saturated rings. The average Bonchev–Trinajstić information content (AvgIpc) is 2.94. The van der Waals surface area contributed by atoms with E-state index in [4.69, 9.17) is 29.2 Å². The zero-order valence-corrected chi connectivity index (χ0v) is 22.4. The van der Waals surface area contributed by atoms with Crippen LogP contribution in [0, 0.1) is 0 Å². The summed E-state index contributed by atoms with van der Waals surface area (Å²) < 4.78 is 22.5. The fourth-order valence-electron chi connectivity index (χ4n) is 4.54. The summed E-state index contributed by atoms with van der Waals surface area (Å²) in [5.74, 6) is 1.40. The van der Waals surface area contributed by atoms with Crippen LogP contribution < -0.4 is 19.1 Å². The third-order valence-corrected chi connectivity index (χ3v) is 6.51. The molecule has 212 valence electrons. The fraction of sp³-hybridized carbons (Fsp3) is 0.355. The number of hydrogen-bond acceptors (Lipinski definition) is 7. The summed E-state index contributed by atoms with van der Waals surface area (Å²) in [5, 5.41) is 18.1. The molecule has 0 amide bonds. The lowest BCUT2D eigenvalue weighted by Crippen LogP contribution is -2.43. The van der Waals surface area contributed by atoms with Crippen molar-refractivity contribution in [1.29, 1.82) is 0 Å². The number of para-hydroxylation sites is 2. The van der Waals surface area contributed by atoms with Crippen LogP contribution in [0.15, 0.2) is 72.8 Å². The molecule has 0 saturated carbocycles. The van der Waals surface area contributed by atoms with Gasteiger partial charge in [-0.05, 0) is 73.6 Å². The number of carboxylic acid groups (broad SMARTS) is 2. The standard InChI is InChI=1S/C31H35NO8/c33-28(34)12-7-19-32-22-29(40-31(35)36)39-30-24(8-6-11-27(30)32)16-13-23-14-17-26(18-15-23)38-21-5-4-20-37-25-9-2-1-3-10-25/h1-3,6,8-11,14-15,17-18,29H,4-5,7,12-13,16,19-22H2,(H,33,34)(H,35,36). The smallest absolute Gasteiger partial charge is 0.494 e. The van der Waals surface area contributed by atoms with E-state index in [2.05, 4.69) is 0 Å². The SMILES string of the molecule is O=C(O)CCCN1CC(OC(=O)O)Oc2c(CCc3ccc(OCCCCOc4ccccc4)cc3)cccc21. The number of nitrogens with zero attached hydrogens (tertiary/aromatic N) is 1. The summed E-state index contributed by atoms with van der Waals surface area (Å²) in [4.78, 5) is 24.1. The molecule has 0 aromatic heterocycles. The van der Waals surface area contributed by atoms with Crippen molar-refractivity contribution in [2.24, 2.45) is 0 Å². The Morgan fingerprint density at radius 1 is 0.825 bits per heavy atom. The monoisotopic (exact) mass is 549 g/mol. The molecule has 0 radical (unpaired) electrons. The number of hydrogen-bond donors (Lipinski definition) is 2. The maximum atomic E-state index is 11.2. The van der Waals surface area contributed by atoms with Crippen LogP contribution in [0.5, 0.6) is 17.2 Å². The van der Waals surface area contributed by atoms with Crippen LogP contribution in [0.1, 0.15) is 36.8 Å². The Hall–Kier alpha value is -4.40. The van der Waals surface area contributed by atoms with Crippen LogP contribution in [-0.4, -0.2) is 54.9 Å². The number of ether oxygens (including phenoxy) is 4. The summed E-state index contributed by atoms with van der Waals surface area (Å²) >= 11 is 0. The second kappa shape index (κ2) is 14.7. The summed E-state index contributed by atoms with van der Waals surface area (Å²) in [6, 6.07) is 23.6. The highest BCUT2D eigenvalue weighted by Gasteiger charge is 2.30. The van der Waals surface area contributed by atoms with Crippen molar-refractivity contribution < 1.29 is 38.7 Å². The molecule has 1 heterocycles. The number of aliphatic carboxylic acids is 1. The van der Waals surface area contributed by atoms with Crippen molar-refractivity contribution in [2.75, 3.05) is 31.2 Å². The number of carboxylic acids is 1. The van der Waals surface area contributed by atoms with E-state index in [1.165, 1.54) is 0 Å². The number of anilines is 1. The maximum absolute atomic E-state index is 11.2. The fourth-order valence-corrected chi connectivity index (χ4v) is 4.54. The van der Waals surface area contributed by atoms with E-state index in [0.717, 1.165) is 47.6 Å². The summed E-state index contributed by atoms with van der Waals surface area (Å²) in [7, 11) is 0. The highest BCUT2D eigenvalue weighted by molar-refractivity contribution is 5.67. The topological polar surface area (TPSA) is 115 Å². The highest BCUT2D eigenvalue weighted by atomic mass is 16.8. The van der Waals surface area contributed by atoms with Gasteiger partial charge in [0.05, 0.1) is 25.4 Å². The van der Waals surface area contributed by atoms with Crippen molar-refractivity contribution in [3.63, 3.8) is 0 Å². The van der Waals surface area contributed by atoms with Gasteiger partial charge in [0.1, 0.15) is 11.5 Å². The summed E-state index contributed by atoms with van der Waals surface area (Å²) in [5.41, 5.74) is 2.87. The lowest BCUT2D eigenvalue weighted by Gasteiger charge is -2.36. The Kier molecular flexibility index (Phi) is 10.5. The van der Waals surface area contributed by atoms with Crippen molar-refractivity contribution in [3.05, 3.63) is 83.9 Å². The van der Waals surface area contributed by atoms with Crippen molar-refractivity contribution in [2.45, 2.75) is 44.8 Å². The molecule has 3 aromatic rings. The maximum Gasteiger partial charge on any atom is 0.508 e. The first kappa shape index (κ1) is 28.6. The van der Waals surface area contributed by atoms with E-state index < -0.39 is 18.4 Å². The Bertz CT molecular complexity index is 1230. The Morgan fingerprint density at radius 2 is 1.52 bits per heavy atom. The van der Waals surface area contributed by atoms with E-state index >= 15 is 0 Å². The van der Waals surface area contributed by atoms with Crippen LogP contribution in [-0.2, 0) is 22.4 Å². The Balaban J connectivity index is 1.28. The molecule has 40 heavy (non-hydrogen) atoms. The van der Waals surface area contributed by atoms with E-state index in [1.807, 2.05) is 77.7 Å². The number of carbonyl (C=O) groups is 2. The van der Waals surface area contributed by atoms with E-state index in [1.54, 1.807) is 0 Å². The van der Waals surface area contributed by atoms with E-state index in [9.17, 15) is 9.59 Å². The van der Waals surface area contributed by atoms with Gasteiger partial charge in [0.2, 0.25) is 0 Å². The average molecular weight is 550 g/mol. The third-order valence-electron chi connectivity index (χ3n) is 6.51. The molecule has 1 aliphatic heterocycles. The minimum Gasteiger partial charge on any atom is -0.494 e. The first-order valence-corrected chi connectivity index (χ1v) is 13.5. The van der Waals surface area contributed by atoms with Crippen LogP contribution in [0.4, 0.5) is 10.5 Å². The quantitative estimate of drug-likeness (QED) is 0.179. The molecule has 0 saturated heterocycles. The highest BCUT2D eigenvalue weighted by Crippen LogP contribution is 2.38. The predicted molar refractivity (Wildman–Crippen MR) is 150 cm³/mol. The molecular weight excluding hydrogens is 514 g/mol. The number of rotatable bonds is 15. The molecule has 1 unspecified atom stereocenters. The van der Waals surface area contributed by atoms with Crippen LogP contribution in [0.2, 0.25) is 0 Å². The number of aryl methyl sites for hydroxylation is 2. The van der Waals surface area contributed by atoms with Crippen molar-refractivity contribution in [3.8, 4) is 17.2 Å². The largest absolute Gasteiger partial charge is 0.508 e. The molecule has 2 N–H and O–H groups in total. The molecule has 0 aliphatic carbocycles. The van der Waals surface area contributed by atoms with Crippen molar-refractivity contribution >= 4 is 17.8 Å². The van der Waals surface area contributed by atoms with Crippen LogP contribution >= 0.6 is 0 Å². The zero-order chi connectivity index (χ0) is 28.2. The van der Waals surface area contributed by atoms with Gasteiger partial charge < -0.3 is 34.1 Å². The number of benzene rings is 3. The van der Waals surface area contributed by atoms with Crippen molar-refractivity contribution in [1.82, 2.24) is 0 Å². The second-order valence-electron chi connectivity index (χ2n) is 9.50. The van der Waals surface area contributed by atoms with Gasteiger partial charge in [0, 0.05) is 13.0 Å². The van der Waals surface area contributed by atoms with Gasteiger partial charge in [0.15, 0.2) is 5.75 Å². The van der Waals surface area contributed by atoms with Crippen LogP contribution in [0.25, 0.3) is 0 Å². The predicted octanol–water partition coefficient (Wildman–Crippen LogP) is 5.79. The molecule has 1 aliphatic rings. The summed E-state index contributed by atoms with van der Waals surface area (Å²) in [6.07, 6.45) is 1.28. The molecule has 9 heteroatoms. The second-order valence-corrected chi connectivity index (χ2v) is 9.50. The van der Waals surface area contributed by atoms with Gasteiger partial charge in [-0.1, -0.05) is 42.5 Å². The lowest BCUT2D eigenvalue weighted by atomic mass is 10.0. The minimum absolute atomic E-state index is 0.0270. The number of unbranched alkanes of at least 4 members (excludes halogenated alkanes) is 1. The van der Waals surface area contributed by atoms with E-state index in [0.29, 0.717) is 38.3 Å². The van der Waals surface area contributed by atoms with E-state index in [-0.39, 0.29) is 13.0 Å². The molecule has 3 aromatic carbocycles. The molecule has 0 spiro atoms. The van der Waals surface area contributed by atoms with Gasteiger partial charge in [-0.3, -0.25) is 4.79 Å². The first-order valence-electron chi connectivity index (χ1n) is 13.5. The van der Waals surface area contributed by atoms with Gasteiger partial charge in [-0.25, -0.2) is 4.79 Å². The first-order chi connectivity index (χ1) is 19.5. The molecular formula is C31H35NO8. The van der Waals surface area contributed by atoms with Crippen LogP contribution in [0.3, 0.4) is 0 Å². The molecule has 1 atom stereocenters. The lowest BCUT2D eigenvalue weighted by molar-refractivity contribution is -0.137. The van der Waals surface area contributed by atoms with Gasteiger partial charge in [0.25, 0.3) is 6.29 Å². The minimum atomic E-state index is -1.42. The third kappa shape index (κ3) is 8.83. The van der Waals surface area contributed by atoms with Gasteiger partial charge in [-0.2, -0.15) is 0 Å². The molecule has 4 rings (SSSR count). The molecule has 9 nitrogen and oxygen atoms in total. The van der Waals surface area contributed by atoms with Gasteiger partial charge >= 0.3 is 12.1 Å². The Morgan fingerprint density at radius 3 is 2.20 bits per heavy atom. The number of fused-ring (bicyclic) bond motifs is 1.